The number of aromatic hydroxyl groups is 1. The molecule has 2 aliphatic rings. The molecule has 0 saturated heterocycles. The number of aromatic nitrogens is 2. The average molecular weight is 785 g/mol. The molecule has 2 aliphatic carbocycles. The third-order valence-corrected chi connectivity index (χ3v) is 12.0. The molecule has 2 aromatic heterocycles. The Morgan fingerprint density at radius 1 is 0.621 bits per heavy atom. The van der Waals surface area contributed by atoms with E-state index in [1.165, 1.54) is 76.7 Å². The minimum atomic E-state index is -1.01. The number of phenols is 1. The number of nitrogens with zero attached hydrogens (tertiary/aromatic N) is 2. The fraction of sp³-hybridized carbons (Fsp3) is 0.354. The van der Waals surface area contributed by atoms with E-state index in [0.29, 0.717) is 28.7 Å². The first kappa shape index (κ1) is 40.2. The SMILES string of the molecule is COC(=O)c1ccc2c(C3CCCCC3)c(-c3ccccc3O)n(C)c2c1.COC(=O)c1ccc2c(C3CCCCC3)c(-c3ccccc3OCC(=O)O)n(C)c2c1. The van der Waals surface area contributed by atoms with E-state index in [9.17, 15) is 19.5 Å². The average Bonchev–Trinajstić information content (AvgIpc) is 3.72. The van der Waals surface area contributed by atoms with E-state index in [1.807, 2.05) is 86.9 Å². The molecule has 10 nitrogen and oxygen atoms in total. The molecule has 58 heavy (non-hydrogen) atoms. The van der Waals surface area contributed by atoms with Crippen molar-refractivity contribution in [2.75, 3.05) is 20.8 Å². The Hall–Kier alpha value is -6.03. The minimum absolute atomic E-state index is 0.286. The van der Waals surface area contributed by atoms with Crippen molar-refractivity contribution in [2.24, 2.45) is 14.1 Å². The maximum atomic E-state index is 12.1. The molecule has 2 fully saturated rings. The second-order valence-corrected chi connectivity index (χ2v) is 15.5. The van der Waals surface area contributed by atoms with Gasteiger partial charge in [0.2, 0.25) is 0 Å². The minimum Gasteiger partial charge on any atom is -0.507 e. The summed E-state index contributed by atoms with van der Waals surface area (Å²) in [6.45, 7) is -0.397. The second-order valence-electron chi connectivity index (χ2n) is 15.5. The van der Waals surface area contributed by atoms with E-state index in [2.05, 4.69) is 9.13 Å². The van der Waals surface area contributed by atoms with E-state index in [4.69, 9.17) is 19.3 Å². The molecule has 4 aromatic carbocycles. The zero-order valence-electron chi connectivity index (χ0n) is 33.8. The van der Waals surface area contributed by atoms with Crippen molar-refractivity contribution < 1.29 is 38.8 Å². The first-order valence-corrected chi connectivity index (χ1v) is 20.3. The third-order valence-electron chi connectivity index (χ3n) is 12.0. The first-order valence-electron chi connectivity index (χ1n) is 20.3. The maximum Gasteiger partial charge on any atom is 0.341 e. The number of para-hydroxylation sites is 2. The Balaban J connectivity index is 0.000000178. The molecular formula is C48H52N2O8. The van der Waals surface area contributed by atoms with Crippen LogP contribution in [0.2, 0.25) is 0 Å². The predicted molar refractivity (Wildman–Crippen MR) is 226 cm³/mol. The smallest absolute Gasteiger partial charge is 0.341 e. The molecule has 2 saturated carbocycles. The Morgan fingerprint density at radius 3 is 1.53 bits per heavy atom. The summed E-state index contributed by atoms with van der Waals surface area (Å²) in [6, 6.07) is 26.5. The number of hydrogen-bond acceptors (Lipinski definition) is 7. The quantitative estimate of drug-likeness (QED) is 0.139. The van der Waals surface area contributed by atoms with Gasteiger partial charge in [0.15, 0.2) is 6.61 Å². The summed E-state index contributed by atoms with van der Waals surface area (Å²) >= 11 is 0. The molecule has 0 spiro atoms. The van der Waals surface area contributed by atoms with Gasteiger partial charge in [-0.2, -0.15) is 0 Å². The highest BCUT2D eigenvalue weighted by molar-refractivity contribution is 6.00. The van der Waals surface area contributed by atoms with Gasteiger partial charge in [0.1, 0.15) is 11.5 Å². The van der Waals surface area contributed by atoms with Gasteiger partial charge in [0, 0.05) is 47.0 Å². The summed E-state index contributed by atoms with van der Waals surface area (Å²) in [5.41, 5.74) is 9.33. The van der Waals surface area contributed by atoms with Crippen molar-refractivity contribution in [3.05, 3.63) is 107 Å². The van der Waals surface area contributed by atoms with Gasteiger partial charge in [-0.25, -0.2) is 14.4 Å². The van der Waals surface area contributed by atoms with Crippen LogP contribution in [0.3, 0.4) is 0 Å². The first-order chi connectivity index (χ1) is 28.1. The molecule has 0 radical (unpaired) electrons. The molecule has 8 rings (SSSR count). The Labute approximate surface area is 339 Å². The normalized spacial score (nSPS) is 14.8. The number of aliphatic carboxylic acids is 1. The lowest BCUT2D eigenvalue weighted by molar-refractivity contribution is -0.139. The largest absolute Gasteiger partial charge is 0.507 e. The van der Waals surface area contributed by atoms with E-state index in [0.717, 1.165) is 57.2 Å². The zero-order valence-corrected chi connectivity index (χ0v) is 33.8. The number of aryl methyl sites for hydroxylation is 2. The summed E-state index contributed by atoms with van der Waals surface area (Å²) < 4.78 is 19.6. The van der Waals surface area contributed by atoms with Crippen molar-refractivity contribution in [1.82, 2.24) is 9.13 Å². The molecule has 0 aliphatic heterocycles. The van der Waals surface area contributed by atoms with Crippen LogP contribution >= 0.6 is 0 Å². The van der Waals surface area contributed by atoms with Crippen LogP contribution in [-0.2, 0) is 28.4 Å². The topological polar surface area (TPSA) is 129 Å². The number of rotatable bonds is 9. The second kappa shape index (κ2) is 17.6. The number of methoxy groups -OCH3 is 2. The van der Waals surface area contributed by atoms with Crippen LogP contribution in [-0.4, -0.2) is 58.1 Å². The van der Waals surface area contributed by atoms with E-state index >= 15 is 0 Å². The standard InChI is InChI=1S/C25H27NO5.C23H25NO3/c1-26-20-14-17(25(29)30-2)12-13-18(20)23(16-8-4-3-5-9-16)24(26)19-10-6-7-11-21(19)31-15-22(27)28;1-24-19-14-16(23(26)27-2)12-13-17(19)21(15-8-4-3-5-9-15)22(24)18-10-6-7-11-20(18)25/h6-7,10-14,16H,3-5,8-9,15H2,1-2H3,(H,27,28);6-7,10-15,25H,3-5,8-9H2,1-2H3. The number of carbonyl (C=O) groups excluding carboxylic acids is 2. The number of carboxylic acids is 1. The van der Waals surface area contributed by atoms with Crippen LogP contribution in [0.1, 0.15) is 108 Å². The van der Waals surface area contributed by atoms with Crippen LogP contribution in [0.25, 0.3) is 44.3 Å². The highest BCUT2D eigenvalue weighted by Crippen LogP contribution is 2.47. The van der Waals surface area contributed by atoms with Crippen molar-refractivity contribution in [2.45, 2.75) is 76.0 Å². The number of ether oxygens (including phenoxy) is 3. The summed E-state index contributed by atoms with van der Waals surface area (Å²) in [7, 11) is 6.78. The predicted octanol–water partition coefficient (Wildman–Crippen LogP) is 10.5. The van der Waals surface area contributed by atoms with Crippen LogP contribution in [0, 0.1) is 0 Å². The lowest BCUT2D eigenvalue weighted by Crippen LogP contribution is -2.11. The number of hydrogen-bond donors (Lipinski definition) is 2. The molecular weight excluding hydrogens is 733 g/mol. The van der Waals surface area contributed by atoms with Gasteiger partial charge in [-0.3, -0.25) is 0 Å². The number of carboxylic acid groups (broad SMARTS) is 1. The van der Waals surface area contributed by atoms with E-state index in [1.54, 1.807) is 12.1 Å². The number of carbonyl (C=O) groups is 3. The Morgan fingerprint density at radius 2 is 1.07 bits per heavy atom. The van der Waals surface area contributed by atoms with E-state index < -0.39 is 12.6 Å². The Bertz CT molecular complexity index is 2460. The van der Waals surface area contributed by atoms with Crippen LogP contribution in [0.15, 0.2) is 84.9 Å². The van der Waals surface area contributed by atoms with Crippen molar-refractivity contribution in [3.63, 3.8) is 0 Å². The fourth-order valence-electron chi connectivity index (χ4n) is 9.28. The fourth-order valence-corrected chi connectivity index (χ4v) is 9.28. The molecule has 2 heterocycles. The van der Waals surface area contributed by atoms with Crippen LogP contribution < -0.4 is 4.74 Å². The number of phenolic OH excluding ortho intramolecular Hbond substituents is 1. The molecule has 6 aromatic rings. The van der Waals surface area contributed by atoms with Gasteiger partial charge in [0.25, 0.3) is 0 Å². The van der Waals surface area contributed by atoms with Crippen molar-refractivity contribution in [1.29, 1.82) is 0 Å². The van der Waals surface area contributed by atoms with Gasteiger partial charge in [0.05, 0.1) is 36.7 Å². The molecule has 10 heteroatoms. The lowest BCUT2D eigenvalue weighted by Gasteiger charge is -2.24. The highest BCUT2D eigenvalue weighted by atomic mass is 16.5. The lowest BCUT2D eigenvalue weighted by atomic mass is 9.81. The van der Waals surface area contributed by atoms with Gasteiger partial charge < -0.3 is 33.6 Å². The number of benzene rings is 4. The van der Waals surface area contributed by atoms with Gasteiger partial charge >= 0.3 is 17.9 Å². The van der Waals surface area contributed by atoms with Gasteiger partial charge in [-0.05, 0) is 97.2 Å². The summed E-state index contributed by atoms with van der Waals surface area (Å²) in [4.78, 5) is 35.2. The van der Waals surface area contributed by atoms with Crippen molar-refractivity contribution in [3.8, 4) is 34.0 Å². The molecule has 0 amide bonds. The van der Waals surface area contributed by atoms with Crippen LogP contribution in [0.4, 0.5) is 0 Å². The van der Waals surface area contributed by atoms with Crippen LogP contribution in [0.5, 0.6) is 11.5 Å². The summed E-state index contributed by atoms with van der Waals surface area (Å²) in [5, 5.41) is 21.9. The zero-order chi connectivity index (χ0) is 40.9. The highest BCUT2D eigenvalue weighted by Gasteiger charge is 2.29. The number of esters is 2. The molecule has 2 N–H and O–H groups in total. The Kier molecular flexibility index (Phi) is 12.2. The summed E-state index contributed by atoms with van der Waals surface area (Å²) in [6.07, 6.45) is 12.0. The van der Waals surface area contributed by atoms with E-state index in [-0.39, 0.29) is 17.7 Å². The molecule has 0 bridgehead atoms. The molecule has 302 valence electrons. The third kappa shape index (κ3) is 7.92. The molecule has 0 unspecified atom stereocenters. The van der Waals surface area contributed by atoms with Gasteiger partial charge in [-0.1, -0.05) is 74.9 Å². The monoisotopic (exact) mass is 784 g/mol. The van der Waals surface area contributed by atoms with Crippen molar-refractivity contribution >= 4 is 39.7 Å². The summed E-state index contributed by atoms with van der Waals surface area (Å²) in [5.74, 6) is -0.00254. The van der Waals surface area contributed by atoms with Gasteiger partial charge in [-0.15, -0.1) is 0 Å². The number of fused-ring (bicyclic) bond motifs is 2. The molecule has 0 atom stereocenters. The maximum absolute atomic E-state index is 12.1.